The van der Waals surface area contributed by atoms with Crippen LogP contribution in [0.2, 0.25) is 0 Å². The zero-order valence-corrected chi connectivity index (χ0v) is 10.7. The predicted octanol–water partition coefficient (Wildman–Crippen LogP) is 3.75. The van der Waals surface area contributed by atoms with E-state index in [9.17, 15) is 0 Å². The first kappa shape index (κ1) is 11.2. The summed E-state index contributed by atoms with van der Waals surface area (Å²) in [5.41, 5.74) is 1.46. The third kappa shape index (κ3) is 2.11. The zero-order chi connectivity index (χ0) is 10.8. The van der Waals surface area contributed by atoms with Crippen molar-refractivity contribution in [1.29, 1.82) is 0 Å². The Kier molecular flexibility index (Phi) is 3.47. The van der Waals surface area contributed by atoms with E-state index in [1.807, 2.05) is 11.3 Å². The van der Waals surface area contributed by atoms with Gasteiger partial charge in [0.1, 0.15) is 0 Å². The highest BCUT2D eigenvalue weighted by atomic mass is 32.1. The molecule has 0 bridgehead atoms. The SMILES string of the molecule is CNC(c1sccc1C)C1CCCC1C. The molecule has 1 N–H and O–H groups in total. The second-order valence-corrected chi connectivity index (χ2v) is 5.75. The fourth-order valence-electron chi connectivity index (χ4n) is 2.91. The Morgan fingerprint density at radius 3 is 2.73 bits per heavy atom. The summed E-state index contributed by atoms with van der Waals surface area (Å²) in [7, 11) is 2.11. The van der Waals surface area contributed by atoms with Gasteiger partial charge in [-0.05, 0) is 49.2 Å². The van der Waals surface area contributed by atoms with E-state index in [1.165, 1.54) is 24.8 Å². The van der Waals surface area contributed by atoms with E-state index < -0.39 is 0 Å². The molecule has 1 heterocycles. The molecule has 2 heteroatoms. The van der Waals surface area contributed by atoms with Gasteiger partial charge >= 0.3 is 0 Å². The van der Waals surface area contributed by atoms with Crippen LogP contribution in [0.15, 0.2) is 11.4 Å². The highest BCUT2D eigenvalue weighted by Crippen LogP contribution is 2.41. The maximum Gasteiger partial charge on any atom is 0.0446 e. The molecule has 1 aromatic heterocycles. The maximum absolute atomic E-state index is 3.53. The van der Waals surface area contributed by atoms with Crippen LogP contribution in [-0.2, 0) is 0 Å². The summed E-state index contributed by atoms with van der Waals surface area (Å²) in [5, 5.41) is 5.74. The topological polar surface area (TPSA) is 12.0 Å². The van der Waals surface area contributed by atoms with Gasteiger partial charge in [0.2, 0.25) is 0 Å². The van der Waals surface area contributed by atoms with Gasteiger partial charge in [0.15, 0.2) is 0 Å². The summed E-state index contributed by atoms with van der Waals surface area (Å²) in [4.78, 5) is 1.55. The lowest BCUT2D eigenvalue weighted by molar-refractivity contribution is 0.318. The van der Waals surface area contributed by atoms with E-state index in [0.29, 0.717) is 6.04 Å². The van der Waals surface area contributed by atoms with Crippen LogP contribution in [0.1, 0.15) is 42.7 Å². The van der Waals surface area contributed by atoms with Gasteiger partial charge in [-0.2, -0.15) is 0 Å². The number of hydrogen-bond donors (Lipinski definition) is 1. The lowest BCUT2D eigenvalue weighted by atomic mass is 9.88. The maximum atomic E-state index is 3.53. The number of rotatable bonds is 3. The van der Waals surface area contributed by atoms with Crippen LogP contribution < -0.4 is 5.32 Å². The molecule has 0 radical (unpaired) electrons. The first-order chi connectivity index (χ1) is 7.24. The van der Waals surface area contributed by atoms with Crippen LogP contribution in [0.5, 0.6) is 0 Å². The minimum absolute atomic E-state index is 0.586. The zero-order valence-electron chi connectivity index (χ0n) is 9.92. The van der Waals surface area contributed by atoms with E-state index in [1.54, 1.807) is 4.88 Å². The van der Waals surface area contributed by atoms with Gasteiger partial charge in [-0.15, -0.1) is 11.3 Å². The Morgan fingerprint density at radius 2 is 2.27 bits per heavy atom. The molecule has 1 nitrogen and oxygen atoms in total. The van der Waals surface area contributed by atoms with Crippen molar-refractivity contribution >= 4 is 11.3 Å². The largest absolute Gasteiger partial charge is 0.312 e. The van der Waals surface area contributed by atoms with Crippen molar-refractivity contribution in [3.63, 3.8) is 0 Å². The molecular formula is C13H21NS. The highest BCUT2D eigenvalue weighted by molar-refractivity contribution is 7.10. The van der Waals surface area contributed by atoms with Gasteiger partial charge in [-0.3, -0.25) is 0 Å². The Hall–Kier alpha value is -0.340. The summed E-state index contributed by atoms with van der Waals surface area (Å²) in [6.07, 6.45) is 4.21. The van der Waals surface area contributed by atoms with E-state index in [0.717, 1.165) is 11.8 Å². The van der Waals surface area contributed by atoms with Crippen molar-refractivity contribution in [1.82, 2.24) is 5.32 Å². The normalized spacial score (nSPS) is 28.2. The van der Waals surface area contributed by atoms with Crippen LogP contribution in [-0.4, -0.2) is 7.05 Å². The Bertz CT molecular complexity index is 318. The summed E-state index contributed by atoms with van der Waals surface area (Å²) in [6, 6.07) is 2.83. The number of aryl methyl sites for hydroxylation is 1. The number of nitrogens with one attached hydrogen (secondary N) is 1. The van der Waals surface area contributed by atoms with Gasteiger partial charge in [0.05, 0.1) is 0 Å². The fraction of sp³-hybridized carbons (Fsp3) is 0.692. The van der Waals surface area contributed by atoms with Crippen molar-refractivity contribution < 1.29 is 0 Å². The van der Waals surface area contributed by atoms with Gasteiger partial charge in [0.25, 0.3) is 0 Å². The Balaban J connectivity index is 2.20. The molecule has 1 saturated carbocycles. The van der Waals surface area contributed by atoms with Crippen molar-refractivity contribution in [3.8, 4) is 0 Å². The van der Waals surface area contributed by atoms with Gasteiger partial charge < -0.3 is 5.32 Å². The van der Waals surface area contributed by atoms with Crippen molar-refractivity contribution in [2.24, 2.45) is 11.8 Å². The van der Waals surface area contributed by atoms with Crippen LogP contribution in [0.25, 0.3) is 0 Å². The van der Waals surface area contributed by atoms with Crippen molar-refractivity contribution in [2.45, 2.75) is 39.2 Å². The van der Waals surface area contributed by atoms with E-state index in [-0.39, 0.29) is 0 Å². The molecule has 0 aliphatic heterocycles. The molecule has 84 valence electrons. The van der Waals surface area contributed by atoms with Gasteiger partial charge in [-0.1, -0.05) is 19.8 Å². The number of thiophene rings is 1. The molecule has 3 atom stereocenters. The summed E-state index contributed by atoms with van der Waals surface area (Å²) in [6.45, 7) is 4.64. The summed E-state index contributed by atoms with van der Waals surface area (Å²) < 4.78 is 0. The smallest absolute Gasteiger partial charge is 0.0446 e. The summed E-state index contributed by atoms with van der Waals surface area (Å²) >= 11 is 1.91. The molecule has 1 aromatic rings. The van der Waals surface area contributed by atoms with Gasteiger partial charge in [0, 0.05) is 10.9 Å². The molecular weight excluding hydrogens is 202 g/mol. The average molecular weight is 223 g/mol. The van der Waals surface area contributed by atoms with Gasteiger partial charge in [-0.25, -0.2) is 0 Å². The first-order valence-corrected chi connectivity index (χ1v) is 6.83. The van der Waals surface area contributed by atoms with Crippen LogP contribution >= 0.6 is 11.3 Å². The molecule has 0 aromatic carbocycles. The molecule has 1 aliphatic carbocycles. The average Bonchev–Trinajstić information content (AvgIpc) is 2.80. The van der Waals surface area contributed by atoms with Crippen LogP contribution in [0.3, 0.4) is 0 Å². The van der Waals surface area contributed by atoms with Crippen LogP contribution in [0.4, 0.5) is 0 Å². The second kappa shape index (κ2) is 4.67. The monoisotopic (exact) mass is 223 g/mol. The van der Waals surface area contributed by atoms with Crippen LogP contribution in [0, 0.1) is 18.8 Å². The molecule has 2 rings (SSSR count). The molecule has 15 heavy (non-hydrogen) atoms. The standard InChI is InChI=1S/C13H21NS/c1-9-5-4-6-11(9)12(14-3)13-10(2)7-8-15-13/h7-9,11-12,14H,4-6H2,1-3H3. The molecule has 1 aliphatic rings. The lowest BCUT2D eigenvalue weighted by Gasteiger charge is -2.26. The molecule has 0 saturated heterocycles. The van der Waals surface area contributed by atoms with E-state index in [4.69, 9.17) is 0 Å². The third-order valence-electron chi connectivity index (χ3n) is 3.85. The lowest BCUT2D eigenvalue weighted by Crippen LogP contribution is -2.26. The minimum Gasteiger partial charge on any atom is -0.312 e. The third-order valence-corrected chi connectivity index (χ3v) is 4.95. The second-order valence-electron chi connectivity index (χ2n) is 4.81. The Morgan fingerprint density at radius 1 is 1.47 bits per heavy atom. The molecule has 1 fully saturated rings. The fourth-order valence-corrected chi connectivity index (χ4v) is 4.02. The molecule has 0 spiro atoms. The van der Waals surface area contributed by atoms with E-state index in [2.05, 4.69) is 37.7 Å². The van der Waals surface area contributed by atoms with Crippen molar-refractivity contribution in [3.05, 3.63) is 21.9 Å². The first-order valence-electron chi connectivity index (χ1n) is 5.95. The predicted molar refractivity (Wildman–Crippen MR) is 67.4 cm³/mol. The highest BCUT2D eigenvalue weighted by Gasteiger charge is 2.32. The Labute approximate surface area is 96.9 Å². The van der Waals surface area contributed by atoms with E-state index >= 15 is 0 Å². The summed E-state index contributed by atoms with van der Waals surface area (Å²) in [5.74, 6) is 1.72. The minimum atomic E-state index is 0.586. The quantitative estimate of drug-likeness (QED) is 0.823. The molecule has 0 amide bonds. The molecule has 3 unspecified atom stereocenters. The van der Waals surface area contributed by atoms with Crippen molar-refractivity contribution in [2.75, 3.05) is 7.05 Å². The number of hydrogen-bond acceptors (Lipinski definition) is 2.